The summed E-state index contributed by atoms with van der Waals surface area (Å²) < 4.78 is 12.6. The molecule has 6 nitrogen and oxygen atoms in total. The fourth-order valence-electron chi connectivity index (χ4n) is 2.11. The van der Waals surface area contributed by atoms with Gasteiger partial charge in [-0.2, -0.15) is 4.98 Å². The van der Waals surface area contributed by atoms with E-state index >= 15 is 0 Å². The Kier molecular flexibility index (Phi) is 3.36. The first-order valence-corrected chi connectivity index (χ1v) is 6.28. The first kappa shape index (κ1) is 11.4. The monoisotopic (exact) mass is 248 g/mol. The molecule has 18 heavy (non-hydrogen) atoms. The average Bonchev–Trinajstić information content (AvgIpc) is 3.12. The van der Waals surface area contributed by atoms with Gasteiger partial charge in [-0.3, -0.25) is 0 Å². The third kappa shape index (κ3) is 2.59. The van der Waals surface area contributed by atoms with Crippen LogP contribution in [0.25, 0.3) is 0 Å². The Morgan fingerprint density at radius 1 is 1.44 bits per heavy atom. The van der Waals surface area contributed by atoms with Crippen LogP contribution in [-0.4, -0.2) is 32.9 Å². The lowest BCUT2D eigenvalue weighted by Crippen LogP contribution is -2.00. The van der Waals surface area contributed by atoms with Crippen molar-refractivity contribution in [3.63, 3.8) is 0 Å². The van der Waals surface area contributed by atoms with Gasteiger partial charge in [0.2, 0.25) is 5.89 Å². The summed E-state index contributed by atoms with van der Waals surface area (Å²) in [4.78, 5) is 8.43. The maximum Gasteiger partial charge on any atom is 0.226 e. The molecule has 3 rings (SSSR count). The molecule has 2 aromatic heterocycles. The van der Waals surface area contributed by atoms with E-state index in [1.54, 1.807) is 6.20 Å². The molecule has 0 unspecified atom stereocenters. The van der Waals surface area contributed by atoms with Crippen molar-refractivity contribution in [3.05, 3.63) is 30.4 Å². The van der Waals surface area contributed by atoms with Crippen LogP contribution in [0.5, 0.6) is 0 Å². The molecule has 96 valence electrons. The topological polar surface area (TPSA) is 66.0 Å². The van der Waals surface area contributed by atoms with Gasteiger partial charge in [-0.05, 0) is 12.8 Å². The first-order chi connectivity index (χ1) is 8.92. The second-order valence-corrected chi connectivity index (χ2v) is 4.51. The highest BCUT2D eigenvalue weighted by Gasteiger charge is 2.22. The predicted molar refractivity (Wildman–Crippen MR) is 63.0 cm³/mol. The van der Waals surface area contributed by atoms with Crippen molar-refractivity contribution >= 4 is 0 Å². The van der Waals surface area contributed by atoms with Gasteiger partial charge in [0, 0.05) is 37.9 Å². The standard InChI is InChI=1S/C12H16N4O2/c1(5-16-6-4-13-9-16)2-11-14-12(15-18-11)10-3-7-17-8-10/h4,6,9-10H,1-3,5,7-8H2/t10-/m1/s1. The largest absolute Gasteiger partial charge is 0.381 e. The van der Waals surface area contributed by atoms with Gasteiger partial charge < -0.3 is 13.8 Å². The molecule has 0 amide bonds. The highest BCUT2D eigenvalue weighted by molar-refractivity contribution is 4.97. The van der Waals surface area contributed by atoms with E-state index < -0.39 is 0 Å². The van der Waals surface area contributed by atoms with E-state index in [-0.39, 0.29) is 0 Å². The van der Waals surface area contributed by atoms with Gasteiger partial charge in [0.05, 0.1) is 12.9 Å². The molecule has 0 bridgehead atoms. The van der Waals surface area contributed by atoms with Crippen LogP contribution in [0, 0.1) is 0 Å². The fourth-order valence-corrected chi connectivity index (χ4v) is 2.11. The molecule has 0 spiro atoms. The normalized spacial score (nSPS) is 19.4. The summed E-state index contributed by atoms with van der Waals surface area (Å²) in [6, 6.07) is 0. The number of aromatic nitrogens is 4. The third-order valence-electron chi connectivity index (χ3n) is 3.14. The van der Waals surface area contributed by atoms with Crippen LogP contribution in [0.3, 0.4) is 0 Å². The smallest absolute Gasteiger partial charge is 0.226 e. The molecular weight excluding hydrogens is 232 g/mol. The Morgan fingerprint density at radius 3 is 3.22 bits per heavy atom. The zero-order valence-electron chi connectivity index (χ0n) is 10.2. The molecule has 0 saturated carbocycles. The lowest BCUT2D eigenvalue weighted by Gasteiger charge is -1.99. The van der Waals surface area contributed by atoms with Gasteiger partial charge in [0.1, 0.15) is 0 Å². The number of hydrogen-bond donors (Lipinski definition) is 0. The Morgan fingerprint density at radius 2 is 2.44 bits per heavy atom. The number of imidazole rings is 1. The van der Waals surface area contributed by atoms with Crippen molar-refractivity contribution in [1.82, 2.24) is 19.7 Å². The molecule has 1 saturated heterocycles. The third-order valence-corrected chi connectivity index (χ3v) is 3.14. The zero-order chi connectivity index (χ0) is 12.2. The van der Waals surface area contributed by atoms with Gasteiger partial charge in [-0.15, -0.1) is 0 Å². The van der Waals surface area contributed by atoms with E-state index in [0.29, 0.717) is 12.5 Å². The molecule has 0 aliphatic carbocycles. The van der Waals surface area contributed by atoms with E-state index in [9.17, 15) is 0 Å². The van der Waals surface area contributed by atoms with Crippen molar-refractivity contribution < 1.29 is 9.26 Å². The summed E-state index contributed by atoms with van der Waals surface area (Å²) in [6.07, 6.45) is 8.32. The lowest BCUT2D eigenvalue weighted by molar-refractivity contribution is 0.192. The molecular formula is C12H16N4O2. The van der Waals surface area contributed by atoms with Crippen LogP contribution in [0.2, 0.25) is 0 Å². The Hall–Kier alpha value is -1.69. The summed E-state index contributed by atoms with van der Waals surface area (Å²) in [5.74, 6) is 1.83. The number of ether oxygens (including phenoxy) is 1. The molecule has 2 aromatic rings. The average molecular weight is 248 g/mol. The van der Waals surface area contributed by atoms with Crippen molar-refractivity contribution in [2.75, 3.05) is 13.2 Å². The van der Waals surface area contributed by atoms with Crippen LogP contribution in [0.1, 0.15) is 30.5 Å². The zero-order valence-corrected chi connectivity index (χ0v) is 10.2. The Balaban J connectivity index is 1.50. The molecule has 0 N–H and O–H groups in total. The SMILES string of the molecule is c1cn(CCCc2nc([C@@H]3CCOC3)no2)cn1. The minimum atomic E-state index is 0.316. The van der Waals surface area contributed by atoms with Crippen molar-refractivity contribution in [1.29, 1.82) is 0 Å². The van der Waals surface area contributed by atoms with Crippen molar-refractivity contribution in [2.24, 2.45) is 0 Å². The van der Waals surface area contributed by atoms with Gasteiger partial charge in [-0.25, -0.2) is 4.98 Å². The lowest BCUT2D eigenvalue weighted by atomic mass is 10.1. The van der Waals surface area contributed by atoms with Crippen LogP contribution in [0.4, 0.5) is 0 Å². The summed E-state index contributed by atoms with van der Waals surface area (Å²) in [5, 5.41) is 4.03. The molecule has 1 aliphatic heterocycles. The van der Waals surface area contributed by atoms with E-state index in [1.807, 2.05) is 17.1 Å². The quantitative estimate of drug-likeness (QED) is 0.800. The van der Waals surface area contributed by atoms with E-state index in [4.69, 9.17) is 9.26 Å². The van der Waals surface area contributed by atoms with Crippen molar-refractivity contribution in [3.8, 4) is 0 Å². The molecule has 1 aliphatic rings. The highest BCUT2D eigenvalue weighted by atomic mass is 16.5. The fraction of sp³-hybridized carbons (Fsp3) is 0.583. The predicted octanol–water partition coefficient (Wildman–Crippen LogP) is 1.40. The van der Waals surface area contributed by atoms with Crippen LogP contribution in [0.15, 0.2) is 23.2 Å². The van der Waals surface area contributed by atoms with Crippen LogP contribution >= 0.6 is 0 Å². The number of rotatable bonds is 5. The highest BCUT2D eigenvalue weighted by Crippen LogP contribution is 2.22. The number of hydrogen-bond acceptors (Lipinski definition) is 5. The van der Waals surface area contributed by atoms with E-state index in [2.05, 4.69) is 15.1 Å². The molecule has 0 aromatic carbocycles. The van der Waals surface area contributed by atoms with Crippen LogP contribution in [-0.2, 0) is 17.7 Å². The molecule has 6 heteroatoms. The van der Waals surface area contributed by atoms with Gasteiger partial charge in [0.15, 0.2) is 5.82 Å². The molecule has 1 atom stereocenters. The molecule has 3 heterocycles. The molecule has 0 radical (unpaired) electrons. The second-order valence-electron chi connectivity index (χ2n) is 4.51. The number of aryl methyl sites for hydroxylation is 2. The Labute approximate surface area is 105 Å². The first-order valence-electron chi connectivity index (χ1n) is 6.28. The van der Waals surface area contributed by atoms with Gasteiger partial charge in [0.25, 0.3) is 0 Å². The van der Waals surface area contributed by atoms with Crippen molar-refractivity contribution in [2.45, 2.75) is 31.7 Å². The summed E-state index contributed by atoms with van der Waals surface area (Å²) in [6.45, 7) is 2.44. The summed E-state index contributed by atoms with van der Waals surface area (Å²) in [7, 11) is 0. The maximum atomic E-state index is 5.32. The van der Waals surface area contributed by atoms with Crippen LogP contribution < -0.4 is 0 Å². The molecule has 1 fully saturated rings. The van der Waals surface area contributed by atoms with E-state index in [1.165, 1.54) is 0 Å². The van der Waals surface area contributed by atoms with Gasteiger partial charge in [-0.1, -0.05) is 5.16 Å². The second kappa shape index (κ2) is 5.30. The summed E-state index contributed by atoms with van der Waals surface area (Å²) in [5.41, 5.74) is 0. The minimum absolute atomic E-state index is 0.316. The van der Waals surface area contributed by atoms with E-state index in [0.717, 1.165) is 44.1 Å². The Bertz CT molecular complexity index is 474. The minimum Gasteiger partial charge on any atom is -0.381 e. The van der Waals surface area contributed by atoms with Gasteiger partial charge >= 0.3 is 0 Å². The number of nitrogens with zero attached hydrogens (tertiary/aromatic N) is 4. The maximum absolute atomic E-state index is 5.32. The summed E-state index contributed by atoms with van der Waals surface area (Å²) >= 11 is 0.